The van der Waals surface area contributed by atoms with Crippen LogP contribution < -0.4 is 10.6 Å². The fourth-order valence-electron chi connectivity index (χ4n) is 3.58. The van der Waals surface area contributed by atoms with Gasteiger partial charge in [0, 0.05) is 29.4 Å². The number of benzene rings is 2. The molecular formula is C24H24ClN3O3. The minimum absolute atomic E-state index is 0.00585. The highest BCUT2D eigenvalue weighted by molar-refractivity contribution is 6.30. The maximum Gasteiger partial charge on any atom is 0.255 e. The van der Waals surface area contributed by atoms with Crippen LogP contribution in [0.5, 0.6) is 0 Å². The predicted molar refractivity (Wildman–Crippen MR) is 121 cm³/mol. The number of nitrogens with one attached hydrogen (secondary N) is 2. The molecule has 160 valence electrons. The van der Waals surface area contributed by atoms with Gasteiger partial charge in [0.2, 0.25) is 5.91 Å². The largest absolute Gasteiger partial charge is 0.459 e. The molecule has 3 aromatic rings. The molecule has 1 fully saturated rings. The second kappa shape index (κ2) is 9.71. The maximum absolute atomic E-state index is 12.7. The van der Waals surface area contributed by atoms with Crippen molar-refractivity contribution in [2.75, 3.05) is 25.0 Å². The fourth-order valence-corrected chi connectivity index (χ4v) is 3.71. The summed E-state index contributed by atoms with van der Waals surface area (Å²) in [5, 5.41) is 6.59. The molecule has 0 atom stereocenters. The maximum atomic E-state index is 12.7. The normalized spacial score (nSPS) is 13.3. The Morgan fingerprint density at radius 1 is 0.968 bits per heavy atom. The van der Waals surface area contributed by atoms with E-state index >= 15 is 0 Å². The van der Waals surface area contributed by atoms with Crippen LogP contribution in [0.3, 0.4) is 0 Å². The lowest BCUT2D eigenvalue weighted by Gasteiger charge is -2.18. The first-order chi connectivity index (χ1) is 15.1. The minimum Gasteiger partial charge on any atom is -0.459 e. The molecule has 0 aliphatic carbocycles. The molecule has 2 heterocycles. The number of anilines is 1. The van der Waals surface area contributed by atoms with Crippen molar-refractivity contribution in [1.29, 1.82) is 0 Å². The van der Waals surface area contributed by atoms with Crippen molar-refractivity contribution in [3.05, 3.63) is 77.0 Å². The third-order valence-corrected chi connectivity index (χ3v) is 5.49. The second-order valence-corrected chi connectivity index (χ2v) is 7.88. The van der Waals surface area contributed by atoms with Crippen LogP contribution in [-0.2, 0) is 11.3 Å². The Balaban J connectivity index is 1.30. The van der Waals surface area contributed by atoms with Gasteiger partial charge in [0.1, 0.15) is 11.5 Å². The van der Waals surface area contributed by atoms with Crippen molar-refractivity contribution in [3.63, 3.8) is 0 Å². The smallest absolute Gasteiger partial charge is 0.255 e. The zero-order valence-electron chi connectivity index (χ0n) is 17.1. The van der Waals surface area contributed by atoms with E-state index in [0.717, 1.165) is 31.5 Å². The first-order valence-corrected chi connectivity index (χ1v) is 10.7. The molecule has 1 aliphatic heterocycles. The lowest BCUT2D eigenvalue weighted by atomic mass is 10.1. The number of carbonyl (C=O) groups excluding carboxylic acids is 2. The van der Waals surface area contributed by atoms with E-state index < -0.39 is 0 Å². The average molecular weight is 438 g/mol. The monoisotopic (exact) mass is 437 g/mol. The van der Waals surface area contributed by atoms with E-state index in [1.807, 2.05) is 47.4 Å². The summed E-state index contributed by atoms with van der Waals surface area (Å²) in [6.07, 6.45) is 2.08. The van der Waals surface area contributed by atoms with Crippen molar-refractivity contribution in [2.24, 2.45) is 0 Å². The highest BCUT2D eigenvalue weighted by Gasteiger charge is 2.21. The highest BCUT2D eigenvalue weighted by Crippen LogP contribution is 2.24. The molecular weight excluding hydrogens is 414 g/mol. The van der Waals surface area contributed by atoms with Crippen LogP contribution in [0.4, 0.5) is 5.69 Å². The summed E-state index contributed by atoms with van der Waals surface area (Å²) in [5.74, 6) is 1.19. The number of likely N-dealkylation sites (tertiary alicyclic amines) is 1. The Labute approximate surface area is 186 Å². The van der Waals surface area contributed by atoms with Gasteiger partial charge in [-0.25, -0.2) is 0 Å². The second-order valence-electron chi connectivity index (χ2n) is 7.45. The number of rotatable bonds is 7. The van der Waals surface area contributed by atoms with Crippen LogP contribution >= 0.6 is 11.6 Å². The third-order valence-electron chi connectivity index (χ3n) is 5.24. The molecule has 0 unspecified atom stereocenters. The van der Waals surface area contributed by atoms with Crippen LogP contribution in [0, 0.1) is 0 Å². The number of para-hydroxylation sites is 1. The first-order valence-electron chi connectivity index (χ1n) is 10.3. The minimum atomic E-state index is -0.187. The quantitative estimate of drug-likeness (QED) is 0.568. The molecule has 31 heavy (non-hydrogen) atoms. The van der Waals surface area contributed by atoms with Gasteiger partial charge < -0.3 is 20.0 Å². The lowest BCUT2D eigenvalue weighted by Crippen LogP contribution is -2.31. The van der Waals surface area contributed by atoms with E-state index in [0.29, 0.717) is 27.8 Å². The van der Waals surface area contributed by atoms with E-state index in [9.17, 15) is 9.59 Å². The highest BCUT2D eigenvalue weighted by atomic mass is 35.5. The number of halogens is 1. The summed E-state index contributed by atoms with van der Waals surface area (Å²) in [4.78, 5) is 26.9. The van der Waals surface area contributed by atoms with Crippen molar-refractivity contribution in [3.8, 4) is 11.3 Å². The molecule has 0 saturated carbocycles. The Morgan fingerprint density at radius 3 is 2.48 bits per heavy atom. The van der Waals surface area contributed by atoms with E-state index in [2.05, 4.69) is 10.6 Å². The molecule has 1 saturated heterocycles. The van der Waals surface area contributed by atoms with Crippen molar-refractivity contribution >= 4 is 29.1 Å². The average Bonchev–Trinajstić information content (AvgIpc) is 3.49. The molecule has 2 aromatic carbocycles. The zero-order chi connectivity index (χ0) is 21.6. The standard InChI is InChI=1S/C24H24ClN3O3/c25-18-9-7-17(8-10-18)22-12-11-19(31-22)15-27-23(29)16-26-21-6-2-1-5-20(21)24(30)28-13-3-4-14-28/h1-2,5-12,26H,3-4,13-16H2,(H,27,29). The topological polar surface area (TPSA) is 74.6 Å². The molecule has 4 rings (SSSR count). The molecule has 1 aromatic heterocycles. The molecule has 0 bridgehead atoms. The van der Waals surface area contributed by atoms with Gasteiger partial charge >= 0.3 is 0 Å². The molecule has 1 aliphatic rings. The van der Waals surface area contributed by atoms with Crippen LogP contribution in [0.25, 0.3) is 11.3 Å². The van der Waals surface area contributed by atoms with Gasteiger partial charge in [-0.15, -0.1) is 0 Å². The Kier molecular flexibility index (Phi) is 6.57. The summed E-state index contributed by atoms with van der Waals surface area (Å²) >= 11 is 5.92. The number of nitrogens with zero attached hydrogens (tertiary/aromatic N) is 1. The number of hydrogen-bond acceptors (Lipinski definition) is 4. The fraction of sp³-hybridized carbons (Fsp3) is 0.250. The molecule has 0 radical (unpaired) electrons. The van der Waals surface area contributed by atoms with Gasteiger partial charge in [0.05, 0.1) is 18.7 Å². The van der Waals surface area contributed by atoms with Crippen molar-refractivity contribution < 1.29 is 14.0 Å². The van der Waals surface area contributed by atoms with Crippen LogP contribution in [0.15, 0.2) is 65.1 Å². The van der Waals surface area contributed by atoms with Crippen LogP contribution in [-0.4, -0.2) is 36.3 Å². The molecule has 0 spiro atoms. The van der Waals surface area contributed by atoms with Gasteiger partial charge in [-0.3, -0.25) is 9.59 Å². The van der Waals surface area contributed by atoms with Crippen LogP contribution in [0.1, 0.15) is 29.0 Å². The summed E-state index contributed by atoms with van der Waals surface area (Å²) in [5.41, 5.74) is 2.18. The zero-order valence-corrected chi connectivity index (χ0v) is 17.8. The van der Waals surface area contributed by atoms with Crippen LogP contribution in [0.2, 0.25) is 5.02 Å². The van der Waals surface area contributed by atoms with E-state index in [4.69, 9.17) is 16.0 Å². The van der Waals surface area contributed by atoms with E-state index in [1.165, 1.54) is 0 Å². The van der Waals surface area contributed by atoms with Gasteiger partial charge in [-0.2, -0.15) is 0 Å². The van der Waals surface area contributed by atoms with E-state index in [1.54, 1.807) is 18.2 Å². The SMILES string of the molecule is O=C(CNc1ccccc1C(=O)N1CCCC1)NCc1ccc(-c2ccc(Cl)cc2)o1. The number of amides is 2. The molecule has 2 N–H and O–H groups in total. The summed E-state index contributed by atoms with van der Waals surface area (Å²) in [6, 6.07) is 18.4. The summed E-state index contributed by atoms with van der Waals surface area (Å²) < 4.78 is 5.80. The number of hydrogen-bond donors (Lipinski definition) is 2. The van der Waals surface area contributed by atoms with Gasteiger partial charge in [-0.1, -0.05) is 23.7 Å². The summed E-state index contributed by atoms with van der Waals surface area (Å²) in [6.45, 7) is 1.92. The van der Waals surface area contributed by atoms with Gasteiger partial charge in [-0.05, 0) is 61.4 Å². The molecule has 7 heteroatoms. The first kappa shape index (κ1) is 21.0. The Bertz CT molecular complexity index is 1060. The Morgan fingerprint density at radius 2 is 1.71 bits per heavy atom. The van der Waals surface area contributed by atoms with Crippen molar-refractivity contribution in [1.82, 2.24) is 10.2 Å². The number of carbonyl (C=O) groups is 2. The summed E-state index contributed by atoms with van der Waals surface area (Å²) in [7, 11) is 0. The predicted octanol–water partition coefficient (Wildman–Crippen LogP) is 4.56. The van der Waals surface area contributed by atoms with E-state index in [-0.39, 0.29) is 24.9 Å². The third kappa shape index (κ3) is 5.27. The van der Waals surface area contributed by atoms with Crippen molar-refractivity contribution in [2.45, 2.75) is 19.4 Å². The van der Waals surface area contributed by atoms with Gasteiger partial charge in [0.25, 0.3) is 5.91 Å². The molecule has 6 nitrogen and oxygen atoms in total. The molecule has 2 amide bonds. The number of furan rings is 1. The Hall–Kier alpha value is -3.25. The van der Waals surface area contributed by atoms with Gasteiger partial charge in [0.15, 0.2) is 0 Å². The lowest BCUT2D eigenvalue weighted by molar-refractivity contribution is -0.119.